The van der Waals surface area contributed by atoms with Gasteiger partial charge in [0.25, 0.3) is 0 Å². The van der Waals surface area contributed by atoms with Crippen molar-refractivity contribution in [2.24, 2.45) is 0 Å². The van der Waals surface area contributed by atoms with Crippen LogP contribution in [-0.2, 0) is 10.2 Å². The molecule has 1 atom stereocenters. The zero-order valence-electron chi connectivity index (χ0n) is 11.7. The van der Waals surface area contributed by atoms with Crippen molar-refractivity contribution in [1.29, 1.82) is 0 Å². The second kappa shape index (κ2) is 5.29. The molecule has 1 aromatic rings. The van der Waals surface area contributed by atoms with Crippen molar-refractivity contribution >= 4 is 0 Å². The molecule has 0 radical (unpaired) electrons. The monoisotopic (exact) mass is 249 g/mol. The number of ether oxygens (including phenoxy) is 2. The Morgan fingerprint density at radius 3 is 2.67 bits per heavy atom. The van der Waals surface area contributed by atoms with Crippen molar-refractivity contribution in [3.05, 3.63) is 29.3 Å². The summed E-state index contributed by atoms with van der Waals surface area (Å²) in [5, 5.41) is 3.36. The molecule has 3 heteroatoms. The molecule has 3 nitrogen and oxygen atoms in total. The lowest BCUT2D eigenvalue weighted by Crippen LogP contribution is -2.33. The average Bonchev–Trinajstić information content (AvgIpc) is 2.38. The van der Waals surface area contributed by atoms with Gasteiger partial charge in [-0.3, -0.25) is 0 Å². The SMILES string of the molecule is COc1ccc(C(C)(C)C)cc1C1CNCCO1. The number of hydrogen-bond donors (Lipinski definition) is 1. The summed E-state index contributed by atoms with van der Waals surface area (Å²) in [6.45, 7) is 9.20. The third-order valence-corrected chi connectivity index (χ3v) is 3.37. The number of morpholine rings is 1. The highest BCUT2D eigenvalue weighted by Gasteiger charge is 2.22. The van der Waals surface area contributed by atoms with E-state index in [0.29, 0.717) is 0 Å². The summed E-state index contributed by atoms with van der Waals surface area (Å²) in [6.07, 6.45) is 0.0935. The lowest BCUT2D eigenvalue weighted by Gasteiger charge is -2.27. The maximum Gasteiger partial charge on any atom is 0.124 e. The van der Waals surface area contributed by atoms with Crippen LogP contribution >= 0.6 is 0 Å². The van der Waals surface area contributed by atoms with E-state index in [-0.39, 0.29) is 11.5 Å². The Balaban J connectivity index is 2.35. The first-order valence-electron chi connectivity index (χ1n) is 6.53. The Bertz CT molecular complexity index is 403. The van der Waals surface area contributed by atoms with Crippen LogP contribution in [0.5, 0.6) is 5.75 Å². The Morgan fingerprint density at radius 1 is 1.33 bits per heavy atom. The molecule has 0 bridgehead atoms. The molecule has 1 aliphatic heterocycles. The maximum atomic E-state index is 5.83. The zero-order valence-corrected chi connectivity index (χ0v) is 11.7. The summed E-state index contributed by atoms with van der Waals surface area (Å²) in [4.78, 5) is 0. The molecule has 0 saturated carbocycles. The van der Waals surface area contributed by atoms with Gasteiger partial charge in [-0.15, -0.1) is 0 Å². The average molecular weight is 249 g/mol. The van der Waals surface area contributed by atoms with Gasteiger partial charge in [-0.25, -0.2) is 0 Å². The van der Waals surface area contributed by atoms with Crippen LogP contribution in [0, 0.1) is 0 Å². The zero-order chi connectivity index (χ0) is 13.2. The predicted octanol–water partition coefficient (Wildman–Crippen LogP) is 2.65. The van der Waals surface area contributed by atoms with E-state index in [9.17, 15) is 0 Å². The first kappa shape index (κ1) is 13.4. The second-order valence-electron chi connectivity index (χ2n) is 5.77. The number of hydrogen-bond acceptors (Lipinski definition) is 3. The van der Waals surface area contributed by atoms with Crippen LogP contribution in [0.15, 0.2) is 18.2 Å². The fourth-order valence-electron chi connectivity index (χ4n) is 2.22. The first-order valence-corrected chi connectivity index (χ1v) is 6.53. The second-order valence-corrected chi connectivity index (χ2v) is 5.77. The summed E-state index contributed by atoms with van der Waals surface area (Å²) in [6, 6.07) is 6.41. The lowest BCUT2D eigenvalue weighted by atomic mass is 9.85. The summed E-state index contributed by atoms with van der Waals surface area (Å²) in [7, 11) is 1.71. The molecule has 0 spiro atoms. The molecule has 0 amide bonds. The molecule has 1 unspecified atom stereocenters. The fraction of sp³-hybridized carbons (Fsp3) is 0.600. The van der Waals surface area contributed by atoms with Gasteiger partial charge >= 0.3 is 0 Å². The molecule has 100 valence electrons. The van der Waals surface area contributed by atoms with E-state index >= 15 is 0 Å². The third kappa shape index (κ3) is 2.85. The van der Waals surface area contributed by atoms with Crippen molar-refractivity contribution in [3.63, 3.8) is 0 Å². The molecule has 1 N–H and O–H groups in total. The smallest absolute Gasteiger partial charge is 0.124 e. The molecule has 1 aliphatic rings. The van der Waals surface area contributed by atoms with Crippen LogP contribution in [0.25, 0.3) is 0 Å². The van der Waals surface area contributed by atoms with E-state index in [1.807, 2.05) is 6.07 Å². The molecule has 0 aliphatic carbocycles. The van der Waals surface area contributed by atoms with Crippen LogP contribution in [-0.4, -0.2) is 26.8 Å². The Kier molecular flexibility index (Phi) is 3.93. The summed E-state index contributed by atoms with van der Waals surface area (Å²) in [5.41, 5.74) is 2.60. The van der Waals surface area contributed by atoms with Gasteiger partial charge < -0.3 is 14.8 Å². The van der Waals surface area contributed by atoms with Gasteiger partial charge in [0.2, 0.25) is 0 Å². The van der Waals surface area contributed by atoms with E-state index in [0.717, 1.165) is 31.0 Å². The fourth-order valence-corrected chi connectivity index (χ4v) is 2.22. The minimum atomic E-state index is 0.0935. The first-order chi connectivity index (χ1) is 8.52. The summed E-state index contributed by atoms with van der Waals surface area (Å²) >= 11 is 0. The minimum absolute atomic E-state index is 0.0935. The molecule has 1 saturated heterocycles. The Hall–Kier alpha value is -1.06. The topological polar surface area (TPSA) is 30.5 Å². The van der Waals surface area contributed by atoms with Gasteiger partial charge in [-0.05, 0) is 23.1 Å². The summed E-state index contributed by atoms with van der Waals surface area (Å²) < 4.78 is 11.3. The van der Waals surface area contributed by atoms with Crippen LogP contribution in [0.3, 0.4) is 0 Å². The number of benzene rings is 1. The Labute approximate surface area is 109 Å². The number of rotatable bonds is 2. The van der Waals surface area contributed by atoms with E-state index in [2.05, 4.69) is 38.2 Å². The molecular formula is C15H23NO2. The summed E-state index contributed by atoms with van der Waals surface area (Å²) in [5.74, 6) is 0.914. The number of methoxy groups -OCH3 is 1. The highest BCUT2D eigenvalue weighted by Crippen LogP contribution is 2.33. The largest absolute Gasteiger partial charge is 0.496 e. The van der Waals surface area contributed by atoms with Crippen molar-refractivity contribution in [2.75, 3.05) is 26.8 Å². The normalized spacial score (nSPS) is 20.8. The van der Waals surface area contributed by atoms with Crippen LogP contribution in [0.1, 0.15) is 38.0 Å². The van der Waals surface area contributed by atoms with Gasteiger partial charge in [-0.1, -0.05) is 26.8 Å². The minimum Gasteiger partial charge on any atom is -0.496 e. The van der Waals surface area contributed by atoms with Gasteiger partial charge in [0, 0.05) is 18.7 Å². The molecule has 18 heavy (non-hydrogen) atoms. The standard InChI is InChI=1S/C15H23NO2/c1-15(2,3)11-5-6-13(17-4)12(9-11)14-10-16-7-8-18-14/h5-6,9,14,16H,7-8,10H2,1-4H3. The predicted molar refractivity (Wildman–Crippen MR) is 73.3 cm³/mol. The van der Waals surface area contributed by atoms with Crippen molar-refractivity contribution in [3.8, 4) is 5.75 Å². The highest BCUT2D eigenvalue weighted by atomic mass is 16.5. The molecule has 1 fully saturated rings. The molecular weight excluding hydrogens is 226 g/mol. The molecule has 2 rings (SSSR count). The van der Waals surface area contributed by atoms with Crippen molar-refractivity contribution in [2.45, 2.75) is 32.3 Å². The molecule has 1 aromatic carbocycles. The lowest BCUT2D eigenvalue weighted by molar-refractivity contribution is 0.0262. The molecule has 0 aromatic heterocycles. The van der Waals surface area contributed by atoms with Crippen LogP contribution < -0.4 is 10.1 Å². The van der Waals surface area contributed by atoms with Crippen molar-refractivity contribution < 1.29 is 9.47 Å². The van der Waals surface area contributed by atoms with Crippen LogP contribution in [0.2, 0.25) is 0 Å². The van der Waals surface area contributed by atoms with Gasteiger partial charge in [0.15, 0.2) is 0 Å². The van der Waals surface area contributed by atoms with E-state index in [1.54, 1.807) is 7.11 Å². The number of nitrogens with one attached hydrogen (secondary N) is 1. The van der Waals surface area contributed by atoms with Gasteiger partial charge in [0.05, 0.1) is 19.8 Å². The maximum absolute atomic E-state index is 5.83. The van der Waals surface area contributed by atoms with Gasteiger partial charge in [-0.2, -0.15) is 0 Å². The van der Waals surface area contributed by atoms with Gasteiger partial charge in [0.1, 0.15) is 5.75 Å². The quantitative estimate of drug-likeness (QED) is 0.874. The van der Waals surface area contributed by atoms with Crippen LogP contribution in [0.4, 0.5) is 0 Å². The van der Waals surface area contributed by atoms with Crippen molar-refractivity contribution in [1.82, 2.24) is 5.32 Å². The Morgan fingerprint density at radius 2 is 2.11 bits per heavy atom. The third-order valence-electron chi connectivity index (χ3n) is 3.37. The van der Waals surface area contributed by atoms with E-state index in [1.165, 1.54) is 5.56 Å². The van der Waals surface area contributed by atoms with E-state index in [4.69, 9.17) is 9.47 Å². The van der Waals surface area contributed by atoms with E-state index < -0.39 is 0 Å². The molecule has 1 heterocycles. The highest BCUT2D eigenvalue weighted by molar-refractivity contribution is 5.41.